The summed E-state index contributed by atoms with van der Waals surface area (Å²) in [5.41, 5.74) is 2.00. The summed E-state index contributed by atoms with van der Waals surface area (Å²) >= 11 is 1.52. The molecule has 0 fully saturated rings. The Balaban J connectivity index is 1.59. The largest absolute Gasteiger partial charge is 0.496 e. The van der Waals surface area contributed by atoms with E-state index in [1.165, 1.54) is 11.3 Å². The van der Waals surface area contributed by atoms with Gasteiger partial charge in [-0.1, -0.05) is 12.1 Å². The third-order valence-corrected chi connectivity index (χ3v) is 5.17. The summed E-state index contributed by atoms with van der Waals surface area (Å²) in [6.45, 7) is 1.86. The molecule has 0 aliphatic heterocycles. The SMILES string of the molecule is COc1cccc2c1CC[C@@H]2NC(=O)NC[C@](C)(O)c1ccsc1. The van der Waals surface area contributed by atoms with E-state index >= 15 is 0 Å². The van der Waals surface area contributed by atoms with Crippen molar-refractivity contribution in [3.8, 4) is 5.75 Å². The quantitative estimate of drug-likeness (QED) is 0.779. The van der Waals surface area contributed by atoms with Crippen LogP contribution in [0, 0.1) is 0 Å². The molecule has 2 atom stereocenters. The molecule has 2 aromatic rings. The standard InChI is InChI=1S/C18H22N2O3S/c1-18(22,12-8-9-24-10-12)11-19-17(21)20-15-7-6-14-13(15)4-3-5-16(14)23-2/h3-5,8-10,15,22H,6-7,11H2,1-2H3,(H2,19,20,21)/t15-,18-/m0/s1. The molecule has 3 rings (SSSR count). The van der Waals surface area contributed by atoms with E-state index in [4.69, 9.17) is 4.74 Å². The Kier molecular flexibility index (Phi) is 4.78. The maximum atomic E-state index is 12.2. The summed E-state index contributed by atoms with van der Waals surface area (Å²) in [5.74, 6) is 0.873. The topological polar surface area (TPSA) is 70.6 Å². The molecule has 1 heterocycles. The van der Waals surface area contributed by atoms with Gasteiger partial charge >= 0.3 is 6.03 Å². The number of methoxy groups -OCH3 is 1. The average molecular weight is 346 g/mol. The highest BCUT2D eigenvalue weighted by Gasteiger charge is 2.28. The van der Waals surface area contributed by atoms with E-state index in [1.807, 2.05) is 35.0 Å². The number of carbonyl (C=O) groups is 1. The van der Waals surface area contributed by atoms with Crippen LogP contribution in [-0.2, 0) is 12.0 Å². The molecule has 1 aromatic heterocycles. The van der Waals surface area contributed by atoms with E-state index in [0.717, 1.165) is 35.3 Å². The van der Waals surface area contributed by atoms with E-state index in [9.17, 15) is 9.90 Å². The van der Waals surface area contributed by atoms with Crippen LogP contribution in [0.3, 0.4) is 0 Å². The molecule has 1 aromatic carbocycles. The van der Waals surface area contributed by atoms with Gasteiger partial charge in [-0.3, -0.25) is 0 Å². The van der Waals surface area contributed by atoms with Crippen molar-refractivity contribution in [2.24, 2.45) is 0 Å². The molecule has 0 radical (unpaired) electrons. The number of amides is 2. The maximum absolute atomic E-state index is 12.2. The molecule has 24 heavy (non-hydrogen) atoms. The van der Waals surface area contributed by atoms with Crippen molar-refractivity contribution in [2.75, 3.05) is 13.7 Å². The van der Waals surface area contributed by atoms with Crippen molar-refractivity contribution in [1.82, 2.24) is 10.6 Å². The van der Waals surface area contributed by atoms with Crippen molar-refractivity contribution in [3.63, 3.8) is 0 Å². The molecule has 0 spiro atoms. The van der Waals surface area contributed by atoms with Crippen molar-refractivity contribution in [3.05, 3.63) is 51.7 Å². The first-order valence-electron chi connectivity index (χ1n) is 7.96. The van der Waals surface area contributed by atoms with Gasteiger partial charge in [-0.25, -0.2) is 4.79 Å². The van der Waals surface area contributed by atoms with Gasteiger partial charge < -0.3 is 20.5 Å². The number of hydrogen-bond acceptors (Lipinski definition) is 4. The summed E-state index contributed by atoms with van der Waals surface area (Å²) in [7, 11) is 1.66. The molecule has 3 N–H and O–H groups in total. The van der Waals surface area contributed by atoms with Crippen LogP contribution in [0.1, 0.15) is 36.1 Å². The van der Waals surface area contributed by atoms with Gasteiger partial charge in [0.1, 0.15) is 11.4 Å². The molecule has 0 saturated carbocycles. The van der Waals surface area contributed by atoms with E-state index < -0.39 is 5.60 Å². The minimum Gasteiger partial charge on any atom is -0.496 e. The highest BCUT2D eigenvalue weighted by atomic mass is 32.1. The lowest BCUT2D eigenvalue weighted by atomic mass is 9.99. The summed E-state index contributed by atoms with van der Waals surface area (Å²) in [6.07, 6.45) is 1.74. The molecule has 5 nitrogen and oxygen atoms in total. The van der Waals surface area contributed by atoms with E-state index in [-0.39, 0.29) is 18.6 Å². The molecule has 2 amide bonds. The van der Waals surface area contributed by atoms with Crippen LogP contribution in [0.5, 0.6) is 5.75 Å². The van der Waals surface area contributed by atoms with Crippen LogP contribution in [0.15, 0.2) is 35.0 Å². The number of carbonyl (C=O) groups excluding carboxylic acids is 1. The zero-order valence-electron chi connectivity index (χ0n) is 13.8. The van der Waals surface area contributed by atoms with E-state index in [0.29, 0.717) is 0 Å². The second-order valence-corrected chi connectivity index (χ2v) is 7.01. The van der Waals surface area contributed by atoms with Gasteiger partial charge in [0.2, 0.25) is 0 Å². The predicted octanol–water partition coefficient (Wildman–Crippen LogP) is 2.95. The fourth-order valence-electron chi connectivity index (χ4n) is 3.10. The van der Waals surface area contributed by atoms with Crippen molar-refractivity contribution < 1.29 is 14.6 Å². The predicted molar refractivity (Wildman–Crippen MR) is 94.5 cm³/mol. The van der Waals surface area contributed by atoms with Gasteiger partial charge in [-0.15, -0.1) is 0 Å². The minimum atomic E-state index is -1.08. The Morgan fingerprint density at radius 2 is 2.29 bits per heavy atom. The normalized spacial score (nSPS) is 18.5. The lowest BCUT2D eigenvalue weighted by Crippen LogP contribution is -2.44. The van der Waals surface area contributed by atoms with Crippen molar-refractivity contribution >= 4 is 17.4 Å². The zero-order valence-corrected chi connectivity index (χ0v) is 14.7. The maximum Gasteiger partial charge on any atom is 0.315 e. The number of aliphatic hydroxyl groups is 1. The first-order valence-corrected chi connectivity index (χ1v) is 8.91. The van der Waals surface area contributed by atoms with Gasteiger partial charge in [-0.2, -0.15) is 11.3 Å². The number of hydrogen-bond donors (Lipinski definition) is 3. The summed E-state index contributed by atoms with van der Waals surface area (Å²) in [6, 6.07) is 7.48. The van der Waals surface area contributed by atoms with Gasteiger partial charge in [-0.05, 0) is 59.3 Å². The molecule has 0 saturated heterocycles. The monoisotopic (exact) mass is 346 g/mol. The summed E-state index contributed by atoms with van der Waals surface area (Å²) in [5, 5.41) is 20.0. The molecular formula is C18H22N2O3S. The van der Waals surface area contributed by atoms with Crippen LogP contribution in [-0.4, -0.2) is 24.8 Å². The molecule has 128 valence electrons. The first-order chi connectivity index (χ1) is 11.5. The van der Waals surface area contributed by atoms with Crippen LogP contribution >= 0.6 is 11.3 Å². The number of urea groups is 1. The van der Waals surface area contributed by atoms with Crippen LogP contribution in [0.4, 0.5) is 4.79 Å². The Labute approximate surface area is 145 Å². The van der Waals surface area contributed by atoms with Gasteiger partial charge in [0.05, 0.1) is 19.7 Å². The Bertz CT molecular complexity index is 713. The number of benzene rings is 1. The van der Waals surface area contributed by atoms with Crippen molar-refractivity contribution in [1.29, 1.82) is 0 Å². The fraction of sp³-hybridized carbons (Fsp3) is 0.389. The Morgan fingerprint density at radius 3 is 3.00 bits per heavy atom. The highest BCUT2D eigenvalue weighted by Crippen LogP contribution is 2.36. The number of rotatable bonds is 5. The smallest absolute Gasteiger partial charge is 0.315 e. The molecule has 1 aliphatic carbocycles. The third-order valence-electron chi connectivity index (χ3n) is 4.49. The van der Waals surface area contributed by atoms with E-state index in [2.05, 4.69) is 10.6 Å². The molecular weight excluding hydrogens is 324 g/mol. The second-order valence-electron chi connectivity index (χ2n) is 6.23. The number of thiophene rings is 1. The van der Waals surface area contributed by atoms with Gasteiger partial charge in [0.15, 0.2) is 0 Å². The van der Waals surface area contributed by atoms with Gasteiger partial charge in [0.25, 0.3) is 0 Å². The van der Waals surface area contributed by atoms with E-state index in [1.54, 1.807) is 14.0 Å². The number of nitrogens with one attached hydrogen (secondary N) is 2. The third kappa shape index (κ3) is 3.39. The lowest BCUT2D eigenvalue weighted by Gasteiger charge is -2.24. The Morgan fingerprint density at radius 1 is 1.46 bits per heavy atom. The molecule has 6 heteroatoms. The zero-order chi connectivity index (χ0) is 17.2. The van der Waals surface area contributed by atoms with Gasteiger partial charge in [0, 0.05) is 0 Å². The van der Waals surface area contributed by atoms with Crippen molar-refractivity contribution in [2.45, 2.75) is 31.4 Å². The Hall–Kier alpha value is -2.05. The van der Waals surface area contributed by atoms with Crippen LogP contribution < -0.4 is 15.4 Å². The van der Waals surface area contributed by atoms with Crippen LogP contribution in [0.2, 0.25) is 0 Å². The summed E-state index contributed by atoms with van der Waals surface area (Å²) < 4.78 is 5.38. The molecule has 0 unspecified atom stereocenters. The molecule has 0 bridgehead atoms. The second kappa shape index (κ2) is 6.83. The molecule has 1 aliphatic rings. The minimum absolute atomic E-state index is 0.0267. The highest BCUT2D eigenvalue weighted by molar-refractivity contribution is 7.08. The first kappa shape index (κ1) is 16.8. The number of ether oxygens (including phenoxy) is 1. The van der Waals surface area contributed by atoms with Crippen LogP contribution in [0.25, 0.3) is 0 Å². The number of fused-ring (bicyclic) bond motifs is 1. The lowest BCUT2D eigenvalue weighted by molar-refractivity contribution is 0.0597. The fourth-order valence-corrected chi connectivity index (χ4v) is 3.88. The average Bonchev–Trinajstić information content (AvgIpc) is 3.23. The summed E-state index contributed by atoms with van der Waals surface area (Å²) in [4.78, 5) is 12.2.